The Morgan fingerprint density at radius 3 is 2.62 bits per heavy atom. The maximum Gasteiger partial charge on any atom is 0.144 e. The Bertz CT molecular complexity index is 87.4. The van der Waals surface area contributed by atoms with Crippen LogP contribution in [0.25, 0.3) is 0 Å². The highest BCUT2D eigenvalue weighted by molar-refractivity contribution is 7.80. The van der Waals surface area contributed by atoms with E-state index in [-0.39, 0.29) is 5.75 Å². The Morgan fingerprint density at radius 1 is 1.88 bits per heavy atom. The van der Waals surface area contributed by atoms with E-state index in [1.165, 1.54) is 0 Å². The van der Waals surface area contributed by atoms with Crippen LogP contribution in [0.3, 0.4) is 0 Å². The van der Waals surface area contributed by atoms with Crippen molar-refractivity contribution >= 4 is 18.9 Å². The van der Waals surface area contributed by atoms with E-state index in [1.54, 1.807) is 0 Å². The van der Waals surface area contributed by atoms with Crippen molar-refractivity contribution in [2.24, 2.45) is 5.29 Å². The van der Waals surface area contributed by atoms with Crippen molar-refractivity contribution < 1.29 is 4.79 Å². The summed E-state index contributed by atoms with van der Waals surface area (Å²) in [5, 5.41) is 2.30. The lowest BCUT2D eigenvalue weighted by molar-refractivity contribution is -0.109. The molecule has 0 aliphatic rings. The van der Waals surface area contributed by atoms with Gasteiger partial charge in [0.05, 0.1) is 5.29 Å². The van der Waals surface area contributed by atoms with Crippen LogP contribution in [0.15, 0.2) is 5.29 Å². The van der Waals surface area contributed by atoms with E-state index in [2.05, 4.69) is 17.9 Å². The van der Waals surface area contributed by atoms with E-state index >= 15 is 0 Å². The minimum atomic E-state index is -0.546. The average Bonchev–Trinajstić information content (AvgIpc) is 1.83. The average molecular weight is 134 g/mol. The highest BCUT2D eigenvalue weighted by Gasteiger charge is 1.99. The largest absolute Gasteiger partial charge is 0.301 e. The number of nitrogens with zero attached hydrogens (tertiary/aromatic N) is 1. The summed E-state index contributed by atoms with van der Waals surface area (Å²) in [7, 11) is 0. The minimum Gasteiger partial charge on any atom is -0.301 e. The van der Waals surface area contributed by atoms with Gasteiger partial charge in [-0.05, 0) is 0 Å². The Morgan fingerprint density at radius 2 is 2.50 bits per heavy atom. The standard InChI is InChI=1S/C3H6N2O2S/c6-1-3(2-8)4-5-7/h1,3,8H,2H2,(H,4,7)/t3-/m1/s1. The number of carbonyl (C=O) groups excluding carboxylic acids is 1. The number of hydrogen-bond acceptors (Lipinski definition) is 4. The SMILES string of the molecule is O=C[C@H](CS)NN=O. The first-order valence-corrected chi connectivity index (χ1v) is 2.62. The van der Waals surface area contributed by atoms with Gasteiger partial charge >= 0.3 is 0 Å². The monoisotopic (exact) mass is 134 g/mol. The molecule has 46 valence electrons. The zero-order valence-electron chi connectivity index (χ0n) is 4.07. The molecule has 0 radical (unpaired) electrons. The third kappa shape index (κ3) is 2.57. The molecule has 5 heteroatoms. The van der Waals surface area contributed by atoms with Gasteiger partial charge in [0.1, 0.15) is 12.3 Å². The zero-order chi connectivity index (χ0) is 6.41. The van der Waals surface area contributed by atoms with Crippen molar-refractivity contribution in [3.63, 3.8) is 0 Å². The van der Waals surface area contributed by atoms with Crippen molar-refractivity contribution in [1.82, 2.24) is 5.43 Å². The van der Waals surface area contributed by atoms with Gasteiger partial charge in [-0.15, -0.1) is 4.91 Å². The molecule has 0 spiro atoms. The molecule has 0 unspecified atom stereocenters. The number of thiol groups is 1. The fourth-order valence-electron chi connectivity index (χ4n) is 0.182. The van der Waals surface area contributed by atoms with E-state index in [1.807, 2.05) is 5.43 Å². The molecular weight excluding hydrogens is 128 g/mol. The van der Waals surface area contributed by atoms with E-state index < -0.39 is 6.04 Å². The van der Waals surface area contributed by atoms with Gasteiger partial charge in [-0.3, -0.25) is 5.43 Å². The van der Waals surface area contributed by atoms with Crippen LogP contribution in [0.4, 0.5) is 0 Å². The summed E-state index contributed by atoms with van der Waals surface area (Å²) in [6.45, 7) is 0. The van der Waals surface area contributed by atoms with Gasteiger partial charge in [-0.1, -0.05) is 0 Å². The molecule has 0 bridgehead atoms. The fourth-order valence-corrected chi connectivity index (χ4v) is 0.350. The molecule has 8 heavy (non-hydrogen) atoms. The lowest BCUT2D eigenvalue weighted by Crippen LogP contribution is -2.26. The van der Waals surface area contributed by atoms with Gasteiger partial charge in [0.2, 0.25) is 0 Å². The highest BCUT2D eigenvalue weighted by atomic mass is 32.1. The molecule has 0 aromatic rings. The van der Waals surface area contributed by atoms with Crippen LogP contribution in [0.1, 0.15) is 0 Å². The van der Waals surface area contributed by atoms with Crippen LogP contribution in [-0.2, 0) is 4.79 Å². The molecule has 0 saturated carbocycles. The van der Waals surface area contributed by atoms with Gasteiger partial charge in [0.25, 0.3) is 0 Å². The van der Waals surface area contributed by atoms with Crippen molar-refractivity contribution in [3.05, 3.63) is 4.91 Å². The third-order valence-corrected chi connectivity index (χ3v) is 0.973. The van der Waals surface area contributed by atoms with Crippen molar-refractivity contribution in [1.29, 1.82) is 0 Å². The maximum absolute atomic E-state index is 9.82. The van der Waals surface area contributed by atoms with E-state index in [0.29, 0.717) is 6.29 Å². The molecule has 0 aliphatic heterocycles. The van der Waals surface area contributed by atoms with Crippen molar-refractivity contribution in [2.75, 3.05) is 5.75 Å². The summed E-state index contributed by atoms with van der Waals surface area (Å²) in [5.41, 5.74) is 2.01. The van der Waals surface area contributed by atoms with Crippen LogP contribution >= 0.6 is 12.6 Å². The molecule has 0 aromatic heterocycles. The first-order chi connectivity index (χ1) is 3.85. The van der Waals surface area contributed by atoms with E-state index in [9.17, 15) is 9.70 Å². The number of aldehydes is 1. The number of nitrogens with one attached hydrogen (secondary N) is 1. The normalized spacial score (nSPS) is 12.1. The number of carbonyl (C=O) groups is 1. The van der Waals surface area contributed by atoms with Crippen molar-refractivity contribution in [3.8, 4) is 0 Å². The van der Waals surface area contributed by atoms with E-state index in [4.69, 9.17) is 0 Å². The minimum absolute atomic E-state index is 0.287. The third-order valence-electron chi connectivity index (χ3n) is 0.579. The Hall–Kier alpha value is -0.580. The first-order valence-electron chi connectivity index (χ1n) is 1.99. The molecule has 1 atom stereocenters. The van der Waals surface area contributed by atoms with Gasteiger partial charge in [-0.25, -0.2) is 0 Å². The number of hydrogen-bond donors (Lipinski definition) is 2. The Kier molecular flexibility index (Phi) is 4.24. The Labute approximate surface area is 52.0 Å². The number of rotatable bonds is 4. The predicted molar refractivity (Wildman–Crippen MR) is 32.6 cm³/mol. The van der Waals surface area contributed by atoms with Crippen LogP contribution in [-0.4, -0.2) is 18.1 Å². The van der Waals surface area contributed by atoms with Crippen LogP contribution in [0.2, 0.25) is 0 Å². The second-order valence-corrected chi connectivity index (χ2v) is 1.51. The molecular formula is C3H6N2O2S. The van der Waals surface area contributed by atoms with E-state index in [0.717, 1.165) is 0 Å². The Balaban J connectivity index is 3.35. The zero-order valence-corrected chi connectivity index (χ0v) is 4.97. The smallest absolute Gasteiger partial charge is 0.144 e. The van der Waals surface area contributed by atoms with Crippen LogP contribution in [0, 0.1) is 4.91 Å². The number of nitroso groups, excluding NO2 is 1. The predicted octanol–water partition coefficient (Wildman–Crippen LogP) is -0.245. The molecule has 0 heterocycles. The first kappa shape index (κ1) is 7.42. The van der Waals surface area contributed by atoms with Gasteiger partial charge in [0.15, 0.2) is 0 Å². The van der Waals surface area contributed by atoms with Crippen LogP contribution in [0.5, 0.6) is 0 Å². The second kappa shape index (κ2) is 4.58. The molecule has 0 amide bonds. The molecule has 1 N–H and O–H groups in total. The topological polar surface area (TPSA) is 58.5 Å². The lowest BCUT2D eigenvalue weighted by atomic mass is 10.4. The molecule has 0 saturated heterocycles. The molecule has 0 aromatic carbocycles. The fraction of sp³-hybridized carbons (Fsp3) is 0.667. The summed E-state index contributed by atoms with van der Waals surface area (Å²) in [5.74, 6) is 0.287. The highest BCUT2D eigenvalue weighted by Crippen LogP contribution is 1.80. The maximum atomic E-state index is 9.82. The van der Waals surface area contributed by atoms with Crippen molar-refractivity contribution in [2.45, 2.75) is 6.04 Å². The molecule has 0 rings (SSSR count). The molecule has 0 aliphatic carbocycles. The summed E-state index contributed by atoms with van der Waals surface area (Å²) in [4.78, 5) is 19.2. The van der Waals surface area contributed by atoms with Gasteiger partial charge < -0.3 is 4.79 Å². The van der Waals surface area contributed by atoms with Gasteiger partial charge in [0, 0.05) is 5.75 Å². The summed E-state index contributed by atoms with van der Waals surface area (Å²) in [6, 6.07) is -0.546. The summed E-state index contributed by atoms with van der Waals surface area (Å²) in [6.07, 6.45) is 0.578. The molecule has 4 nitrogen and oxygen atoms in total. The summed E-state index contributed by atoms with van der Waals surface area (Å²) >= 11 is 3.74. The molecule has 0 fully saturated rings. The quantitative estimate of drug-likeness (QED) is 0.241. The van der Waals surface area contributed by atoms with Crippen LogP contribution < -0.4 is 5.43 Å². The lowest BCUT2D eigenvalue weighted by Gasteiger charge is -1.99. The van der Waals surface area contributed by atoms with Gasteiger partial charge in [-0.2, -0.15) is 12.6 Å². The second-order valence-electron chi connectivity index (χ2n) is 1.15. The summed E-state index contributed by atoms with van der Waals surface area (Å²) < 4.78 is 0.